The molecule has 1 atom stereocenters. The number of amides is 1. The van der Waals surface area contributed by atoms with E-state index >= 15 is 0 Å². The van der Waals surface area contributed by atoms with Crippen molar-refractivity contribution in [1.82, 2.24) is 10.0 Å². The second-order valence-electron chi connectivity index (χ2n) is 4.99. The molecule has 0 bridgehead atoms. The first kappa shape index (κ1) is 17.5. The average Bonchev–Trinajstić information content (AvgIpc) is 2.55. The van der Waals surface area contributed by atoms with Gasteiger partial charge in [0.25, 0.3) is 5.91 Å². The van der Waals surface area contributed by atoms with Crippen LogP contribution in [0.5, 0.6) is 0 Å². The molecule has 0 aliphatic heterocycles. The minimum absolute atomic E-state index is 0.0445. The van der Waals surface area contributed by atoms with Gasteiger partial charge in [-0.1, -0.05) is 29.8 Å². The molecule has 0 spiro atoms. The number of rotatable bonds is 5. The third-order valence-electron chi connectivity index (χ3n) is 3.37. The van der Waals surface area contributed by atoms with E-state index in [0.717, 1.165) is 5.56 Å². The first-order valence-electron chi connectivity index (χ1n) is 6.93. The lowest BCUT2D eigenvalue weighted by Gasteiger charge is -2.15. The molecule has 7 heteroatoms. The Morgan fingerprint density at radius 2 is 1.83 bits per heavy atom. The molecular weight excluding hydrogens is 336 g/mol. The fourth-order valence-electron chi connectivity index (χ4n) is 2.06. The number of sulfonamides is 1. The highest BCUT2D eigenvalue weighted by molar-refractivity contribution is 7.89. The lowest BCUT2D eigenvalue weighted by molar-refractivity contribution is 0.0939. The predicted octanol–water partition coefficient (Wildman–Crippen LogP) is 2.74. The molecule has 0 fully saturated rings. The molecule has 23 heavy (non-hydrogen) atoms. The van der Waals surface area contributed by atoms with Gasteiger partial charge < -0.3 is 5.32 Å². The molecule has 122 valence electrons. The zero-order chi connectivity index (χ0) is 17.0. The molecule has 0 aliphatic rings. The molecule has 0 unspecified atom stereocenters. The van der Waals surface area contributed by atoms with Crippen molar-refractivity contribution in [3.05, 3.63) is 64.7 Å². The van der Waals surface area contributed by atoms with E-state index in [1.165, 1.54) is 25.2 Å². The minimum atomic E-state index is -3.59. The number of hydrogen-bond acceptors (Lipinski definition) is 3. The van der Waals surface area contributed by atoms with E-state index < -0.39 is 10.0 Å². The Morgan fingerprint density at radius 3 is 2.48 bits per heavy atom. The molecule has 2 rings (SSSR count). The zero-order valence-electron chi connectivity index (χ0n) is 12.7. The summed E-state index contributed by atoms with van der Waals surface area (Å²) in [6.45, 7) is 1.83. The zero-order valence-corrected chi connectivity index (χ0v) is 14.3. The highest BCUT2D eigenvalue weighted by Crippen LogP contribution is 2.18. The van der Waals surface area contributed by atoms with Gasteiger partial charge >= 0.3 is 0 Å². The summed E-state index contributed by atoms with van der Waals surface area (Å²) >= 11 is 5.94. The van der Waals surface area contributed by atoms with Gasteiger partial charge in [0.05, 0.1) is 10.9 Å². The van der Waals surface area contributed by atoms with Crippen LogP contribution in [0.2, 0.25) is 5.02 Å². The summed E-state index contributed by atoms with van der Waals surface area (Å²) < 4.78 is 25.8. The maximum atomic E-state index is 12.3. The highest BCUT2D eigenvalue weighted by atomic mass is 35.5. The fraction of sp³-hybridized carbons (Fsp3) is 0.188. The predicted molar refractivity (Wildman–Crippen MR) is 90.0 cm³/mol. The van der Waals surface area contributed by atoms with E-state index in [9.17, 15) is 13.2 Å². The van der Waals surface area contributed by atoms with Gasteiger partial charge in [0, 0.05) is 10.6 Å². The topological polar surface area (TPSA) is 75.3 Å². The number of nitrogens with one attached hydrogen (secondary N) is 2. The minimum Gasteiger partial charge on any atom is -0.346 e. The van der Waals surface area contributed by atoms with E-state index in [-0.39, 0.29) is 22.4 Å². The summed E-state index contributed by atoms with van der Waals surface area (Å²) in [5.74, 6) is -0.356. The second-order valence-corrected chi connectivity index (χ2v) is 7.31. The molecule has 2 aromatic carbocycles. The van der Waals surface area contributed by atoms with Gasteiger partial charge in [-0.25, -0.2) is 13.1 Å². The molecule has 2 N–H and O–H groups in total. The van der Waals surface area contributed by atoms with E-state index in [1.54, 1.807) is 24.3 Å². The molecule has 1 amide bonds. The molecule has 0 heterocycles. The molecule has 5 nitrogen and oxygen atoms in total. The monoisotopic (exact) mass is 352 g/mol. The van der Waals surface area contributed by atoms with Gasteiger partial charge in [0.2, 0.25) is 10.0 Å². The normalized spacial score (nSPS) is 12.7. The van der Waals surface area contributed by atoms with Crippen molar-refractivity contribution in [3.63, 3.8) is 0 Å². The molecule has 0 radical (unpaired) electrons. The third kappa shape index (κ3) is 4.31. The number of carbonyl (C=O) groups is 1. The molecular formula is C16H17ClN2O3S. The fourth-order valence-corrected chi connectivity index (χ4v) is 3.04. The Bertz CT molecular complexity index is 822. The Labute approximate surface area is 140 Å². The van der Waals surface area contributed by atoms with Crippen LogP contribution in [-0.2, 0) is 10.0 Å². The SMILES string of the molecule is CNS(=O)(=O)c1cccc(C(=O)N[C@H](C)c2cccc(Cl)c2)c1. The average molecular weight is 353 g/mol. The van der Waals surface area contributed by atoms with Gasteiger partial charge in [-0.2, -0.15) is 0 Å². The molecule has 2 aromatic rings. The van der Waals surface area contributed by atoms with Gasteiger partial charge in [-0.3, -0.25) is 4.79 Å². The maximum absolute atomic E-state index is 12.3. The Kier molecular flexibility index (Phi) is 5.41. The van der Waals surface area contributed by atoms with Crippen LogP contribution in [0.15, 0.2) is 53.4 Å². The highest BCUT2D eigenvalue weighted by Gasteiger charge is 2.16. The smallest absolute Gasteiger partial charge is 0.251 e. The molecule has 0 aromatic heterocycles. The van der Waals surface area contributed by atoms with Crippen molar-refractivity contribution in [1.29, 1.82) is 0 Å². The lowest BCUT2D eigenvalue weighted by atomic mass is 10.1. The number of benzene rings is 2. The van der Waals surface area contributed by atoms with E-state index in [2.05, 4.69) is 10.0 Å². The van der Waals surface area contributed by atoms with Crippen molar-refractivity contribution >= 4 is 27.5 Å². The van der Waals surface area contributed by atoms with Gasteiger partial charge in [0.15, 0.2) is 0 Å². The van der Waals surface area contributed by atoms with Gasteiger partial charge in [-0.05, 0) is 49.9 Å². The Morgan fingerprint density at radius 1 is 1.13 bits per heavy atom. The standard InChI is InChI=1S/C16H17ClN2O3S/c1-11(12-5-3-7-14(17)9-12)19-16(20)13-6-4-8-15(10-13)23(21,22)18-2/h3-11,18H,1-2H3,(H,19,20)/t11-/m1/s1. The van der Waals surface area contributed by atoms with E-state index in [4.69, 9.17) is 11.6 Å². The van der Waals surface area contributed by atoms with Crippen LogP contribution >= 0.6 is 11.6 Å². The van der Waals surface area contributed by atoms with Crippen molar-refractivity contribution in [2.24, 2.45) is 0 Å². The third-order valence-corrected chi connectivity index (χ3v) is 5.02. The van der Waals surface area contributed by atoms with Crippen molar-refractivity contribution < 1.29 is 13.2 Å². The summed E-state index contributed by atoms with van der Waals surface area (Å²) in [6.07, 6.45) is 0. The quantitative estimate of drug-likeness (QED) is 0.868. The summed E-state index contributed by atoms with van der Waals surface area (Å²) in [5, 5.41) is 3.41. The van der Waals surface area contributed by atoms with Crippen LogP contribution in [-0.4, -0.2) is 21.4 Å². The Balaban J connectivity index is 2.20. The van der Waals surface area contributed by atoms with Crippen LogP contribution in [0, 0.1) is 0 Å². The number of carbonyl (C=O) groups excluding carboxylic acids is 1. The number of halogens is 1. The van der Waals surface area contributed by atoms with Gasteiger partial charge in [0.1, 0.15) is 0 Å². The van der Waals surface area contributed by atoms with Crippen LogP contribution in [0.25, 0.3) is 0 Å². The van der Waals surface area contributed by atoms with Gasteiger partial charge in [-0.15, -0.1) is 0 Å². The Hall–Kier alpha value is -1.89. The maximum Gasteiger partial charge on any atom is 0.251 e. The molecule has 0 saturated heterocycles. The van der Waals surface area contributed by atoms with Crippen molar-refractivity contribution in [2.75, 3.05) is 7.05 Å². The van der Waals surface area contributed by atoms with Crippen LogP contribution in [0.4, 0.5) is 0 Å². The summed E-state index contributed by atoms with van der Waals surface area (Å²) in [4.78, 5) is 12.4. The first-order valence-corrected chi connectivity index (χ1v) is 8.79. The first-order chi connectivity index (χ1) is 10.8. The lowest BCUT2D eigenvalue weighted by Crippen LogP contribution is -2.27. The van der Waals surface area contributed by atoms with E-state index in [0.29, 0.717) is 5.02 Å². The summed E-state index contributed by atoms with van der Waals surface area (Å²) in [7, 11) is -2.27. The number of hydrogen-bond donors (Lipinski definition) is 2. The largest absolute Gasteiger partial charge is 0.346 e. The van der Waals surface area contributed by atoms with Crippen LogP contribution in [0.1, 0.15) is 28.9 Å². The molecule has 0 saturated carbocycles. The van der Waals surface area contributed by atoms with Crippen molar-refractivity contribution in [2.45, 2.75) is 17.9 Å². The van der Waals surface area contributed by atoms with Crippen LogP contribution in [0.3, 0.4) is 0 Å². The summed E-state index contributed by atoms with van der Waals surface area (Å²) in [5.41, 5.74) is 1.14. The molecule has 0 aliphatic carbocycles. The van der Waals surface area contributed by atoms with Crippen LogP contribution < -0.4 is 10.0 Å². The van der Waals surface area contributed by atoms with E-state index in [1.807, 2.05) is 13.0 Å². The van der Waals surface area contributed by atoms with Crippen molar-refractivity contribution in [3.8, 4) is 0 Å². The second kappa shape index (κ2) is 7.12. The summed E-state index contributed by atoms with van der Waals surface area (Å²) in [6, 6.07) is 12.8.